The molecule has 2 aromatic heterocycles. The van der Waals surface area contributed by atoms with Crippen LogP contribution in [0.25, 0.3) is 16.6 Å². The molecule has 1 aromatic carbocycles. The molecule has 172 valence electrons. The standard InChI is InChI=1S/C21H21Cl3N2O5S/c1-11(10-32(29)30)5-17-19-18(28)6-12(2)26(21(19)16(24)9-25-17)20-14(22)7-13(8-15(20)23)31-4-3-27/h6-9,11,27H,3-5,10H2,1-2H3,(H,29,30)/p-1. The number of aliphatic hydroxyl groups is 1. The van der Waals surface area contributed by atoms with Crippen molar-refractivity contribution in [1.29, 1.82) is 0 Å². The van der Waals surface area contributed by atoms with Crippen molar-refractivity contribution in [3.63, 3.8) is 0 Å². The van der Waals surface area contributed by atoms with Crippen LogP contribution < -0.4 is 10.2 Å². The SMILES string of the molecule is Cc1cc(=O)c2c(CC(C)CS(=O)[O-])ncc(Cl)c2n1-c1c(Cl)cc(OCCO)cc1Cl. The molecule has 3 aromatic rings. The van der Waals surface area contributed by atoms with Gasteiger partial charge in [-0.1, -0.05) is 52.8 Å². The highest BCUT2D eigenvalue weighted by Gasteiger charge is 2.21. The Morgan fingerprint density at radius 3 is 2.47 bits per heavy atom. The molecule has 0 bridgehead atoms. The summed E-state index contributed by atoms with van der Waals surface area (Å²) >= 11 is 17.4. The van der Waals surface area contributed by atoms with E-state index in [4.69, 9.17) is 44.6 Å². The Bertz CT molecular complexity index is 1230. The summed E-state index contributed by atoms with van der Waals surface area (Å²) in [4.78, 5) is 17.3. The average molecular weight is 519 g/mol. The molecule has 0 aliphatic carbocycles. The van der Waals surface area contributed by atoms with Gasteiger partial charge in [0.2, 0.25) is 0 Å². The fraction of sp³-hybridized carbons (Fsp3) is 0.333. The second-order valence-corrected chi connectivity index (χ2v) is 9.51. The zero-order valence-electron chi connectivity index (χ0n) is 17.2. The van der Waals surface area contributed by atoms with Crippen molar-refractivity contribution in [2.24, 2.45) is 5.92 Å². The molecule has 2 heterocycles. The Kier molecular flexibility index (Phi) is 8.19. The second kappa shape index (κ2) is 10.5. The average Bonchev–Trinajstić information content (AvgIpc) is 2.69. The van der Waals surface area contributed by atoms with Gasteiger partial charge >= 0.3 is 0 Å². The fourth-order valence-corrected chi connectivity index (χ4v) is 5.01. The lowest BCUT2D eigenvalue weighted by atomic mass is 10.0. The molecule has 7 nitrogen and oxygen atoms in total. The molecule has 0 aliphatic rings. The maximum atomic E-state index is 13.0. The molecule has 0 fully saturated rings. The van der Waals surface area contributed by atoms with Crippen LogP contribution in [0.5, 0.6) is 5.75 Å². The molecule has 0 aliphatic heterocycles. The number of aryl methyl sites for hydroxylation is 1. The van der Waals surface area contributed by atoms with Crippen molar-refractivity contribution in [1.82, 2.24) is 9.55 Å². The largest absolute Gasteiger partial charge is 0.772 e. The van der Waals surface area contributed by atoms with Gasteiger partial charge in [0.05, 0.1) is 44.0 Å². The molecule has 3 rings (SSSR count). The topological polar surface area (TPSA) is 104 Å². The molecule has 0 radical (unpaired) electrons. The summed E-state index contributed by atoms with van der Waals surface area (Å²) in [6.07, 6.45) is 1.70. The van der Waals surface area contributed by atoms with Gasteiger partial charge in [-0.2, -0.15) is 0 Å². The van der Waals surface area contributed by atoms with E-state index in [0.29, 0.717) is 28.3 Å². The fourth-order valence-electron chi connectivity index (χ4n) is 3.56. The van der Waals surface area contributed by atoms with Gasteiger partial charge in [-0.15, -0.1) is 0 Å². The number of pyridine rings is 2. The number of aromatic nitrogens is 2. The normalized spacial score (nSPS) is 13.3. The van der Waals surface area contributed by atoms with Gasteiger partial charge in [-0.3, -0.25) is 14.0 Å². The Labute approximate surface area is 202 Å². The molecular weight excluding hydrogens is 499 g/mol. The van der Waals surface area contributed by atoms with Gasteiger partial charge in [-0.05, 0) is 19.3 Å². The second-order valence-electron chi connectivity index (χ2n) is 7.35. The summed E-state index contributed by atoms with van der Waals surface area (Å²) in [5.41, 5.74) is 1.48. The lowest BCUT2D eigenvalue weighted by molar-refractivity contribution is 0.201. The van der Waals surface area contributed by atoms with Crippen molar-refractivity contribution in [3.8, 4) is 11.4 Å². The van der Waals surface area contributed by atoms with Crippen molar-refractivity contribution in [3.05, 3.63) is 61.1 Å². The van der Waals surface area contributed by atoms with Gasteiger partial charge in [0.25, 0.3) is 0 Å². The maximum absolute atomic E-state index is 13.0. The first-order valence-electron chi connectivity index (χ1n) is 9.62. The summed E-state index contributed by atoms with van der Waals surface area (Å²) in [5.74, 6) is 0.0712. The van der Waals surface area contributed by atoms with E-state index in [1.54, 1.807) is 30.5 Å². The number of fused-ring (bicyclic) bond motifs is 1. The number of hydrogen-bond donors (Lipinski definition) is 1. The van der Waals surface area contributed by atoms with Crippen LogP contribution in [0.15, 0.2) is 29.2 Å². The van der Waals surface area contributed by atoms with E-state index >= 15 is 0 Å². The molecule has 0 saturated carbocycles. The third-order valence-electron chi connectivity index (χ3n) is 4.78. The smallest absolute Gasteiger partial charge is 0.191 e. The highest BCUT2D eigenvalue weighted by atomic mass is 35.5. The van der Waals surface area contributed by atoms with Gasteiger partial charge in [0, 0.05) is 35.8 Å². The molecule has 32 heavy (non-hydrogen) atoms. The van der Waals surface area contributed by atoms with E-state index in [0.717, 1.165) is 0 Å². The van der Waals surface area contributed by atoms with Crippen molar-refractivity contribution < 1.29 is 18.6 Å². The molecule has 1 N–H and O–H groups in total. The van der Waals surface area contributed by atoms with E-state index in [2.05, 4.69) is 4.98 Å². The quantitative estimate of drug-likeness (QED) is 0.451. The number of nitrogens with zero attached hydrogens (tertiary/aromatic N) is 2. The van der Waals surface area contributed by atoms with Crippen LogP contribution in [-0.2, 0) is 17.5 Å². The number of rotatable bonds is 8. The predicted molar refractivity (Wildman–Crippen MR) is 126 cm³/mol. The van der Waals surface area contributed by atoms with Crippen molar-refractivity contribution >= 4 is 56.8 Å². The van der Waals surface area contributed by atoms with Gasteiger partial charge < -0.3 is 19.0 Å². The first-order valence-corrected chi connectivity index (χ1v) is 12.0. The summed E-state index contributed by atoms with van der Waals surface area (Å²) in [6.45, 7) is 3.41. The third-order valence-corrected chi connectivity index (χ3v) is 6.48. The zero-order valence-corrected chi connectivity index (χ0v) is 20.3. The van der Waals surface area contributed by atoms with Crippen molar-refractivity contribution in [2.45, 2.75) is 20.3 Å². The minimum atomic E-state index is -2.21. The Morgan fingerprint density at radius 1 is 1.22 bits per heavy atom. The summed E-state index contributed by atoms with van der Waals surface area (Å²) in [7, 11) is 0. The molecule has 0 amide bonds. The van der Waals surface area contributed by atoms with Crippen LogP contribution in [0, 0.1) is 12.8 Å². The van der Waals surface area contributed by atoms with E-state index in [9.17, 15) is 13.6 Å². The predicted octanol–water partition coefficient (Wildman–Crippen LogP) is 4.08. The zero-order chi connectivity index (χ0) is 23.6. The molecule has 0 saturated heterocycles. The van der Waals surface area contributed by atoms with Crippen molar-refractivity contribution in [2.75, 3.05) is 19.0 Å². The van der Waals surface area contributed by atoms with E-state index < -0.39 is 11.1 Å². The molecule has 11 heteroatoms. The number of halogens is 3. The van der Waals surface area contributed by atoms with Crippen LogP contribution in [-0.4, -0.2) is 42.4 Å². The molecular formula is C21H20Cl3N2O5S-. The Hall–Kier alpha value is -1.68. The van der Waals surface area contributed by atoms with Crippen LogP contribution in [0.2, 0.25) is 15.1 Å². The number of aliphatic hydroxyl groups excluding tert-OH is 1. The summed E-state index contributed by atoms with van der Waals surface area (Å²) in [5, 5.41) is 9.97. The Morgan fingerprint density at radius 2 is 1.88 bits per heavy atom. The van der Waals surface area contributed by atoms with Crippen LogP contribution in [0.3, 0.4) is 0 Å². The van der Waals surface area contributed by atoms with E-state index in [-0.39, 0.29) is 57.2 Å². The number of benzene rings is 1. The third kappa shape index (κ3) is 5.27. The van der Waals surface area contributed by atoms with Gasteiger partial charge in [0.1, 0.15) is 12.4 Å². The van der Waals surface area contributed by atoms with Crippen LogP contribution >= 0.6 is 34.8 Å². The van der Waals surface area contributed by atoms with E-state index in [1.807, 2.05) is 0 Å². The maximum Gasteiger partial charge on any atom is 0.191 e. The minimum Gasteiger partial charge on any atom is -0.772 e. The summed E-state index contributed by atoms with van der Waals surface area (Å²) in [6, 6.07) is 4.55. The molecule has 2 unspecified atom stereocenters. The first-order chi connectivity index (χ1) is 15.1. The summed E-state index contributed by atoms with van der Waals surface area (Å²) < 4.78 is 29.2. The lowest BCUT2D eigenvalue weighted by Crippen LogP contribution is -2.17. The van der Waals surface area contributed by atoms with Gasteiger partial charge in [-0.25, -0.2) is 0 Å². The highest BCUT2D eigenvalue weighted by Crippen LogP contribution is 2.37. The molecule has 0 spiro atoms. The number of ether oxygens (including phenoxy) is 1. The highest BCUT2D eigenvalue weighted by molar-refractivity contribution is 7.79. The van der Waals surface area contributed by atoms with Crippen LogP contribution in [0.1, 0.15) is 18.3 Å². The van der Waals surface area contributed by atoms with E-state index in [1.165, 1.54) is 12.3 Å². The monoisotopic (exact) mass is 517 g/mol. The minimum absolute atomic E-state index is 0.0567. The van der Waals surface area contributed by atoms with Gasteiger partial charge in [0.15, 0.2) is 5.43 Å². The lowest BCUT2D eigenvalue weighted by Gasteiger charge is -2.21. The molecule has 2 atom stereocenters. The Balaban J connectivity index is 2.27. The first kappa shape index (κ1) is 25.0. The number of hydrogen-bond acceptors (Lipinski definition) is 6. The van der Waals surface area contributed by atoms with Crippen LogP contribution in [0.4, 0.5) is 0 Å².